The Morgan fingerprint density at radius 1 is 0.907 bits per heavy atom. The number of carbonyl (C=O) groups is 6. The molecular weight excluding hydrogens is 714 g/mol. The molecule has 3 aliphatic rings. The van der Waals surface area contributed by atoms with Gasteiger partial charge in [-0.15, -0.1) is 0 Å². The number of aromatic nitrogens is 3. The fraction of sp³-hybridized carbons (Fsp3) is 0.605. The maximum atomic E-state index is 14.5. The Balaban J connectivity index is 1.37. The summed E-state index contributed by atoms with van der Waals surface area (Å²) in [7, 11) is 0. The van der Waals surface area contributed by atoms with Crippen LogP contribution in [0.2, 0.25) is 5.15 Å². The lowest BCUT2D eigenvalue weighted by molar-refractivity contribution is -0.145. The number of nitrogens with one attached hydrogen (secondary N) is 3. The fourth-order valence-electron chi connectivity index (χ4n) is 7.49. The first kappa shape index (κ1) is 40.7. The molecule has 2 aromatic rings. The number of piperazine rings is 1. The maximum absolute atomic E-state index is 14.5. The van der Waals surface area contributed by atoms with Crippen molar-refractivity contribution >= 4 is 46.9 Å². The van der Waals surface area contributed by atoms with Crippen LogP contribution in [0.15, 0.2) is 36.9 Å². The Morgan fingerprint density at radius 2 is 1.65 bits per heavy atom. The van der Waals surface area contributed by atoms with Crippen LogP contribution in [0.1, 0.15) is 94.6 Å². The van der Waals surface area contributed by atoms with Crippen LogP contribution >= 0.6 is 11.6 Å². The molecule has 0 bridgehead atoms. The van der Waals surface area contributed by atoms with Crippen LogP contribution in [0.25, 0.3) is 0 Å². The minimum atomic E-state index is -1.12. The summed E-state index contributed by atoms with van der Waals surface area (Å²) >= 11 is 6.02. The number of pyridine rings is 1. The third-order valence-electron chi connectivity index (χ3n) is 10.8. The predicted molar refractivity (Wildman–Crippen MR) is 199 cm³/mol. The predicted octanol–water partition coefficient (Wildman–Crippen LogP) is 2.18. The van der Waals surface area contributed by atoms with Gasteiger partial charge < -0.3 is 26.6 Å². The van der Waals surface area contributed by atoms with Gasteiger partial charge in [0.2, 0.25) is 23.5 Å². The quantitative estimate of drug-likeness (QED) is 0.163. The Bertz CT molecular complexity index is 1660. The van der Waals surface area contributed by atoms with Crippen LogP contribution in [0.5, 0.6) is 0 Å². The van der Waals surface area contributed by atoms with Crippen molar-refractivity contribution < 1.29 is 28.8 Å². The summed E-state index contributed by atoms with van der Waals surface area (Å²) in [5.74, 6) is -3.83. The highest BCUT2D eigenvalue weighted by molar-refractivity contribution is 6.37. The fourth-order valence-corrected chi connectivity index (χ4v) is 7.60. The second-order valence-electron chi connectivity index (χ2n) is 15.8. The molecule has 5 amide bonds. The molecule has 5 rings (SSSR count). The highest BCUT2D eigenvalue weighted by atomic mass is 35.5. The van der Waals surface area contributed by atoms with Crippen molar-refractivity contribution in [2.24, 2.45) is 23.0 Å². The molecule has 1 saturated heterocycles. The topological polar surface area (TPSA) is 210 Å². The Labute approximate surface area is 320 Å². The SMILES string of the molecule is CC(C)(C)[C@H](NC(=O)[C@@H](NC(=O)c1cnccn1)C1CCCCC1)C(=O)N1CCN(Cc2ccc(Cl)nc2)[C@H](C(=O)NC(CC2CCC2)C(=O)C(N)=O)C1. The molecule has 0 aromatic carbocycles. The van der Waals surface area contributed by atoms with Crippen LogP contribution in [0, 0.1) is 17.3 Å². The van der Waals surface area contributed by atoms with E-state index in [1.54, 1.807) is 23.2 Å². The lowest BCUT2D eigenvalue weighted by Gasteiger charge is -2.44. The Hall–Kier alpha value is -4.50. The minimum Gasteiger partial charge on any atom is -0.363 e. The number of halogens is 1. The number of carbonyl (C=O) groups excluding carboxylic acids is 6. The van der Waals surface area contributed by atoms with Gasteiger partial charge in [-0.25, -0.2) is 9.97 Å². The molecule has 3 fully saturated rings. The molecule has 5 N–H and O–H groups in total. The van der Waals surface area contributed by atoms with E-state index in [0.29, 0.717) is 18.1 Å². The van der Waals surface area contributed by atoms with Gasteiger partial charge in [0.25, 0.3) is 11.8 Å². The molecule has 2 saturated carbocycles. The molecule has 0 spiro atoms. The van der Waals surface area contributed by atoms with Gasteiger partial charge in [0.15, 0.2) is 0 Å². The zero-order chi connectivity index (χ0) is 39.0. The van der Waals surface area contributed by atoms with Crippen molar-refractivity contribution in [2.75, 3.05) is 19.6 Å². The van der Waals surface area contributed by atoms with Crippen molar-refractivity contribution in [3.63, 3.8) is 0 Å². The number of Topliss-reactive ketones (excluding diaryl/α,β-unsaturated/α-hetero) is 1. The third kappa shape index (κ3) is 10.6. The molecule has 2 aromatic heterocycles. The van der Waals surface area contributed by atoms with E-state index in [2.05, 4.69) is 30.9 Å². The molecular formula is C38H52ClN9O6. The van der Waals surface area contributed by atoms with Crippen molar-refractivity contribution in [1.82, 2.24) is 40.7 Å². The minimum absolute atomic E-state index is 0.0511. The van der Waals surface area contributed by atoms with Crippen molar-refractivity contribution in [3.8, 4) is 0 Å². The highest BCUT2D eigenvalue weighted by Gasteiger charge is 2.43. The van der Waals surface area contributed by atoms with Gasteiger partial charge >= 0.3 is 0 Å². The van der Waals surface area contributed by atoms with E-state index in [-0.39, 0.29) is 43.1 Å². The molecule has 0 radical (unpaired) electrons. The highest BCUT2D eigenvalue weighted by Crippen LogP contribution is 2.31. The van der Waals surface area contributed by atoms with Crippen LogP contribution in [-0.4, -0.2) is 104 Å². The molecule has 15 nitrogen and oxygen atoms in total. The van der Waals surface area contributed by atoms with Crippen LogP contribution in [-0.2, 0) is 30.5 Å². The summed E-state index contributed by atoms with van der Waals surface area (Å²) in [6.07, 6.45) is 13.3. The largest absolute Gasteiger partial charge is 0.363 e. The Morgan fingerprint density at radius 3 is 2.24 bits per heavy atom. The second-order valence-corrected chi connectivity index (χ2v) is 16.2. The summed E-state index contributed by atoms with van der Waals surface area (Å²) in [4.78, 5) is 96.6. The van der Waals surface area contributed by atoms with Gasteiger partial charge in [-0.3, -0.25) is 38.7 Å². The maximum Gasteiger partial charge on any atom is 0.287 e. The van der Waals surface area contributed by atoms with Gasteiger partial charge in [-0.2, -0.15) is 0 Å². The number of ketones is 1. The van der Waals surface area contributed by atoms with Crippen molar-refractivity contribution in [2.45, 2.75) is 109 Å². The number of nitrogens with two attached hydrogens (primary N) is 1. The molecule has 2 aliphatic carbocycles. The van der Waals surface area contributed by atoms with Gasteiger partial charge in [0.05, 0.1) is 12.2 Å². The van der Waals surface area contributed by atoms with E-state index in [1.165, 1.54) is 18.6 Å². The standard InChI is InChI=1S/C38H52ClN9O6/c1-38(2,3)32(46-36(53)30(25-10-5-4-6-11-25)45-34(51)27-20-41-14-15-42-27)37(54)48-17-16-47(21-24-12-13-29(39)43-19-24)28(22-48)35(52)44-26(31(49)33(40)50)18-23-8-7-9-23/h12-15,19-20,23,25-26,28,30,32H,4-11,16-18,21-22H2,1-3H3,(H2,40,50)(H,44,52)(H,45,51)(H,46,53)/t26?,28-,30-,32+/m0/s1. The second kappa shape index (κ2) is 18.2. The summed E-state index contributed by atoms with van der Waals surface area (Å²) < 4.78 is 0. The normalized spacial score (nSPS) is 20.1. The lowest BCUT2D eigenvalue weighted by Crippen LogP contribution is -2.65. The first-order valence-corrected chi connectivity index (χ1v) is 19.2. The van der Waals surface area contributed by atoms with E-state index in [9.17, 15) is 28.8 Å². The van der Waals surface area contributed by atoms with E-state index in [0.717, 1.165) is 56.9 Å². The third-order valence-corrected chi connectivity index (χ3v) is 11.1. The number of amides is 5. The number of hydrogen-bond donors (Lipinski definition) is 4. The van der Waals surface area contributed by atoms with Crippen LogP contribution < -0.4 is 21.7 Å². The smallest absolute Gasteiger partial charge is 0.287 e. The first-order chi connectivity index (χ1) is 25.7. The molecule has 1 aliphatic heterocycles. The molecule has 292 valence electrons. The summed E-state index contributed by atoms with van der Waals surface area (Å²) in [5.41, 5.74) is 5.49. The van der Waals surface area contributed by atoms with Gasteiger partial charge in [-0.1, -0.05) is 77.0 Å². The monoisotopic (exact) mass is 765 g/mol. The number of primary amides is 1. The molecule has 16 heteroatoms. The van der Waals surface area contributed by atoms with Crippen LogP contribution in [0.3, 0.4) is 0 Å². The zero-order valence-electron chi connectivity index (χ0n) is 31.3. The number of hydrogen-bond acceptors (Lipinski definition) is 10. The van der Waals surface area contributed by atoms with Gasteiger partial charge in [0, 0.05) is 44.8 Å². The lowest BCUT2D eigenvalue weighted by atomic mass is 9.80. The van der Waals surface area contributed by atoms with E-state index >= 15 is 0 Å². The Kier molecular flexibility index (Phi) is 13.7. The molecule has 3 heterocycles. The molecule has 1 unspecified atom stereocenters. The molecule has 54 heavy (non-hydrogen) atoms. The van der Waals surface area contributed by atoms with Crippen LogP contribution in [0.4, 0.5) is 0 Å². The summed E-state index contributed by atoms with van der Waals surface area (Å²) in [5, 5.41) is 8.99. The average molecular weight is 766 g/mol. The number of nitrogens with zero attached hydrogens (tertiary/aromatic N) is 5. The number of rotatable bonds is 14. The first-order valence-electron chi connectivity index (χ1n) is 18.9. The van der Waals surface area contributed by atoms with E-state index in [1.807, 2.05) is 25.7 Å². The molecule has 4 atom stereocenters. The van der Waals surface area contributed by atoms with Crippen molar-refractivity contribution in [3.05, 3.63) is 53.3 Å². The van der Waals surface area contributed by atoms with Gasteiger partial charge in [-0.05, 0) is 48.1 Å². The summed E-state index contributed by atoms with van der Waals surface area (Å²) in [6.45, 7) is 6.31. The van der Waals surface area contributed by atoms with E-state index < -0.39 is 59.0 Å². The zero-order valence-corrected chi connectivity index (χ0v) is 32.0. The van der Waals surface area contributed by atoms with Crippen molar-refractivity contribution in [1.29, 1.82) is 0 Å². The van der Waals surface area contributed by atoms with Gasteiger partial charge in [0.1, 0.15) is 29.0 Å². The van der Waals surface area contributed by atoms with E-state index in [4.69, 9.17) is 17.3 Å². The average Bonchev–Trinajstić information content (AvgIpc) is 3.14. The summed E-state index contributed by atoms with van der Waals surface area (Å²) in [6, 6.07) is -0.464.